The van der Waals surface area contributed by atoms with E-state index < -0.39 is 0 Å². The molecule has 0 aromatic heterocycles. The van der Waals surface area contributed by atoms with Gasteiger partial charge in [0.1, 0.15) is 5.75 Å². The molecule has 0 aliphatic heterocycles. The highest BCUT2D eigenvalue weighted by atomic mass is 16.5. The molecule has 0 bridgehead atoms. The van der Waals surface area contributed by atoms with Gasteiger partial charge in [0.15, 0.2) is 0 Å². The minimum atomic E-state index is -0.217. The van der Waals surface area contributed by atoms with Crippen molar-refractivity contribution in [3.05, 3.63) is 23.8 Å². The second kappa shape index (κ2) is 6.13. The van der Waals surface area contributed by atoms with Gasteiger partial charge in [-0.3, -0.25) is 0 Å². The van der Waals surface area contributed by atoms with Gasteiger partial charge in [0.2, 0.25) is 0 Å². The van der Waals surface area contributed by atoms with Gasteiger partial charge in [-0.25, -0.2) is 4.79 Å². The number of rotatable bonds is 4. The number of hydrogen-bond donors (Lipinski definition) is 2. The largest absolute Gasteiger partial charge is 0.496 e. The first kappa shape index (κ1) is 13.4. The normalized spacial score (nSPS) is 11.8. The van der Waals surface area contributed by atoms with E-state index >= 15 is 0 Å². The van der Waals surface area contributed by atoms with Crippen LogP contribution in [-0.4, -0.2) is 20.2 Å². The highest BCUT2D eigenvalue weighted by Gasteiger charge is 2.11. The Bertz CT molecular complexity index is 391. The number of anilines is 1. The summed E-state index contributed by atoms with van der Waals surface area (Å²) in [5.41, 5.74) is 1.89. The van der Waals surface area contributed by atoms with Gasteiger partial charge in [0.25, 0.3) is 0 Å². The van der Waals surface area contributed by atoms with E-state index in [0.717, 1.165) is 23.4 Å². The minimum Gasteiger partial charge on any atom is -0.496 e. The number of urea groups is 1. The van der Waals surface area contributed by atoms with E-state index in [1.807, 2.05) is 18.2 Å². The van der Waals surface area contributed by atoms with Crippen molar-refractivity contribution in [2.24, 2.45) is 0 Å². The first-order chi connectivity index (χ1) is 8.12. The van der Waals surface area contributed by atoms with Crippen molar-refractivity contribution < 1.29 is 9.53 Å². The first-order valence-corrected chi connectivity index (χ1v) is 5.79. The van der Waals surface area contributed by atoms with Crippen LogP contribution in [0.25, 0.3) is 0 Å². The van der Waals surface area contributed by atoms with Gasteiger partial charge in [-0.15, -0.1) is 0 Å². The predicted octanol–water partition coefficient (Wildman–Crippen LogP) is 2.96. The van der Waals surface area contributed by atoms with Crippen molar-refractivity contribution in [1.29, 1.82) is 0 Å². The average Bonchev–Trinajstić information content (AvgIpc) is 2.37. The highest BCUT2D eigenvalue weighted by molar-refractivity contribution is 5.89. The van der Waals surface area contributed by atoms with Crippen molar-refractivity contribution in [1.82, 2.24) is 5.32 Å². The molecular weight excluding hydrogens is 216 g/mol. The van der Waals surface area contributed by atoms with Gasteiger partial charge in [-0.1, -0.05) is 13.8 Å². The Balaban J connectivity index is 3.00. The lowest BCUT2D eigenvalue weighted by Gasteiger charge is -2.15. The van der Waals surface area contributed by atoms with Crippen molar-refractivity contribution in [2.45, 2.75) is 26.2 Å². The third-order valence-electron chi connectivity index (χ3n) is 2.86. The molecule has 2 N–H and O–H groups in total. The Kier molecular flexibility index (Phi) is 4.82. The van der Waals surface area contributed by atoms with Crippen LogP contribution in [0.3, 0.4) is 0 Å². The summed E-state index contributed by atoms with van der Waals surface area (Å²) >= 11 is 0. The molecule has 4 nitrogen and oxygen atoms in total. The number of methoxy groups -OCH3 is 1. The molecule has 94 valence electrons. The van der Waals surface area contributed by atoms with E-state index in [4.69, 9.17) is 4.74 Å². The number of benzene rings is 1. The summed E-state index contributed by atoms with van der Waals surface area (Å²) in [4.78, 5) is 11.2. The smallest absolute Gasteiger partial charge is 0.318 e. The van der Waals surface area contributed by atoms with Gasteiger partial charge >= 0.3 is 6.03 Å². The molecule has 1 atom stereocenters. The average molecular weight is 236 g/mol. The first-order valence-electron chi connectivity index (χ1n) is 5.79. The monoisotopic (exact) mass is 236 g/mol. The summed E-state index contributed by atoms with van der Waals surface area (Å²) in [5, 5.41) is 5.28. The van der Waals surface area contributed by atoms with Crippen LogP contribution in [-0.2, 0) is 0 Å². The summed E-state index contributed by atoms with van der Waals surface area (Å²) in [5.74, 6) is 1.26. The molecule has 0 saturated carbocycles. The SMILES string of the molecule is CCC(C)c1cc(NC(=O)NC)ccc1OC. The fourth-order valence-electron chi connectivity index (χ4n) is 1.61. The molecule has 1 rings (SSSR count). The van der Waals surface area contributed by atoms with Gasteiger partial charge in [-0.05, 0) is 36.1 Å². The van der Waals surface area contributed by atoms with Gasteiger partial charge < -0.3 is 15.4 Å². The van der Waals surface area contributed by atoms with E-state index in [1.165, 1.54) is 0 Å². The Morgan fingerprint density at radius 1 is 1.47 bits per heavy atom. The lowest BCUT2D eigenvalue weighted by molar-refractivity contribution is 0.254. The predicted molar refractivity (Wildman–Crippen MR) is 69.8 cm³/mol. The number of ether oxygens (including phenoxy) is 1. The van der Waals surface area contributed by atoms with E-state index in [2.05, 4.69) is 24.5 Å². The second-order valence-electron chi connectivity index (χ2n) is 3.97. The fraction of sp³-hybridized carbons (Fsp3) is 0.462. The van der Waals surface area contributed by atoms with Crippen molar-refractivity contribution in [2.75, 3.05) is 19.5 Å². The van der Waals surface area contributed by atoms with Crippen LogP contribution in [0.15, 0.2) is 18.2 Å². The number of nitrogens with one attached hydrogen (secondary N) is 2. The summed E-state index contributed by atoms with van der Waals surface area (Å²) in [6.07, 6.45) is 1.03. The van der Waals surface area contributed by atoms with E-state index in [9.17, 15) is 4.79 Å². The molecule has 1 unspecified atom stereocenters. The lowest BCUT2D eigenvalue weighted by Crippen LogP contribution is -2.24. The Hall–Kier alpha value is -1.71. The summed E-state index contributed by atoms with van der Waals surface area (Å²) in [7, 11) is 3.25. The number of amides is 2. The zero-order valence-corrected chi connectivity index (χ0v) is 10.8. The van der Waals surface area contributed by atoms with Crippen molar-refractivity contribution >= 4 is 11.7 Å². The maximum absolute atomic E-state index is 11.2. The van der Waals surface area contributed by atoms with Crippen LogP contribution in [0.5, 0.6) is 5.75 Å². The van der Waals surface area contributed by atoms with Gasteiger partial charge in [0.05, 0.1) is 7.11 Å². The third-order valence-corrected chi connectivity index (χ3v) is 2.86. The van der Waals surface area contributed by atoms with Crippen LogP contribution in [0, 0.1) is 0 Å². The zero-order valence-electron chi connectivity index (χ0n) is 10.8. The zero-order chi connectivity index (χ0) is 12.8. The van der Waals surface area contributed by atoms with Crippen molar-refractivity contribution in [3.8, 4) is 5.75 Å². The lowest BCUT2D eigenvalue weighted by atomic mass is 9.97. The Morgan fingerprint density at radius 3 is 2.71 bits per heavy atom. The Labute approximate surface area is 102 Å². The van der Waals surface area contributed by atoms with Gasteiger partial charge in [-0.2, -0.15) is 0 Å². The summed E-state index contributed by atoms with van der Waals surface area (Å²) < 4.78 is 5.33. The molecule has 0 spiro atoms. The maximum atomic E-state index is 11.2. The molecule has 1 aromatic rings. The molecule has 1 aromatic carbocycles. The van der Waals surface area contributed by atoms with E-state index in [0.29, 0.717) is 5.92 Å². The molecule has 0 saturated heterocycles. The molecular formula is C13H20N2O2. The molecule has 0 fully saturated rings. The molecule has 0 radical (unpaired) electrons. The third kappa shape index (κ3) is 3.37. The van der Waals surface area contributed by atoms with Crippen LogP contribution in [0.1, 0.15) is 31.7 Å². The number of hydrogen-bond acceptors (Lipinski definition) is 2. The second-order valence-corrected chi connectivity index (χ2v) is 3.97. The Morgan fingerprint density at radius 2 is 2.18 bits per heavy atom. The molecule has 4 heteroatoms. The van der Waals surface area contributed by atoms with Crippen LogP contribution >= 0.6 is 0 Å². The van der Waals surface area contributed by atoms with Crippen LogP contribution < -0.4 is 15.4 Å². The molecule has 17 heavy (non-hydrogen) atoms. The molecule has 2 amide bonds. The number of carbonyl (C=O) groups excluding carboxylic acids is 1. The minimum absolute atomic E-state index is 0.217. The highest BCUT2D eigenvalue weighted by Crippen LogP contribution is 2.31. The molecule has 0 aliphatic carbocycles. The quantitative estimate of drug-likeness (QED) is 0.844. The topological polar surface area (TPSA) is 50.4 Å². The summed E-state index contributed by atoms with van der Waals surface area (Å²) in [6, 6.07) is 5.46. The summed E-state index contributed by atoms with van der Waals surface area (Å²) in [6.45, 7) is 4.27. The van der Waals surface area contributed by atoms with Crippen molar-refractivity contribution in [3.63, 3.8) is 0 Å². The van der Waals surface area contributed by atoms with E-state index in [-0.39, 0.29) is 6.03 Å². The number of carbonyl (C=O) groups is 1. The van der Waals surface area contributed by atoms with Crippen LogP contribution in [0.4, 0.5) is 10.5 Å². The van der Waals surface area contributed by atoms with Gasteiger partial charge in [0, 0.05) is 12.7 Å². The van der Waals surface area contributed by atoms with E-state index in [1.54, 1.807) is 14.2 Å². The molecule has 0 heterocycles. The standard InChI is InChI=1S/C13H20N2O2/c1-5-9(2)11-8-10(15-13(16)14-3)6-7-12(11)17-4/h6-9H,5H2,1-4H3,(H2,14,15,16). The van der Waals surface area contributed by atoms with Crippen LogP contribution in [0.2, 0.25) is 0 Å². The maximum Gasteiger partial charge on any atom is 0.318 e. The molecule has 0 aliphatic rings. The fourth-order valence-corrected chi connectivity index (χ4v) is 1.61.